The van der Waals surface area contributed by atoms with Gasteiger partial charge in [-0.3, -0.25) is 4.98 Å². The number of nitrogens with one attached hydrogen (secondary N) is 1. The third-order valence-electron chi connectivity index (χ3n) is 5.78. The van der Waals surface area contributed by atoms with Crippen LogP contribution in [0.25, 0.3) is 0 Å². The van der Waals surface area contributed by atoms with Crippen LogP contribution in [0.5, 0.6) is 0 Å². The fourth-order valence-electron chi connectivity index (χ4n) is 3.00. The lowest BCUT2D eigenvalue weighted by Gasteiger charge is -2.40. The molecule has 0 spiro atoms. The Bertz CT molecular complexity index is 724. The van der Waals surface area contributed by atoms with Crippen molar-refractivity contribution in [2.75, 3.05) is 12.3 Å². The van der Waals surface area contributed by atoms with Gasteiger partial charge in [0, 0.05) is 30.7 Å². The average molecular weight is 400 g/mol. The van der Waals surface area contributed by atoms with Gasteiger partial charge in [0.2, 0.25) is 0 Å². The molecule has 0 aliphatic heterocycles. The van der Waals surface area contributed by atoms with E-state index in [0.29, 0.717) is 5.92 Å². The minimum Gasteiger partial charge on any atom is -0.409 e. The summed E-state index contributed by atoms with van der Waals surface area (Å²) in [7, 11) is -1.92. The lowest BCUT2D eigenvalue weighted by atomic mass is 9.95. The van der Waals surface area contributed by atoms with Gasteiger partial charge in [-0.15, -0.1) is 0 Å². The molecule has 4 nitrogen and oxygen atoms in total. The van der Waals surface area contributed by atoms with Crippen LogP contribution in [0.3, 0.4) is 0 Å². The zero-order valence-electron chi connectivity index (χ0n) is 18.5. The van der Waals surface area contributed by atoms with E-state index in [1.807, 2.05) is 30.6 Å². The van der Waals surface area contributed by atoms with Gasteiger partial charge in [-0.2, -0.15) is 0 Å². The van der Waals surface area contributed by atoms with E-state index < -0.39 is 8.32 Å². The number of anilines is 1. The molecule has 154 valence electrons. The Morgan fingerprint density at radius 2 is 1.71 bits per heavy atom. The zero-order chi connectivity index (χ0) is 20.9. The molecule has 5 heteroatoms. The van der Waals surface area contributed by atoms with E-state index in [4.69, 9.17) is 10.2 Å². The van der Waals surface area contributed by atoms with Gasteiger partial charge in [0.15, 0.2) is 8.32 Å². The van der Waals surface area contributed by atoms with Gasteiger partial charge >= 0.3 is 0 Å². The summed E-state index contributed by atoms with van der Waals surface area (Å²) in [6.45, 7) is 16.6. The lowest BCUT2D eigenvalue weighted by molar-refractivity contribution is 0.171. The van der Waals surface area contributed by atoms with Gasteiger partial charge in [-0.25, -0.2) is 0 Å². The van der Waals surface area contributed by atoms with Crippen LogP contribution in [-0.2, 0) is 4.43 Å². The Balaban J connectivity index is 2.22. The number of benzene rings is 1. The summed E-state index contributed by atoms with van der Waals surface area (Å²) >= 11 is 0. The summed E-state index contributed by atoms with van der Waals surface area (Å²) < 4.78 is 6.79. The first-order valence-corrected chi connectivity index (χ1v) is 13.1. The first kappa shape index (κ1) is 22.6. The monoisotopic (exact) mass is 399 g/mol. The maximum Gasteiger partial charge on any atom is 0.192 e. The van der Waals surface area contributed by atoms with Crippen molar-refractivity contribution in [1.82, 2.24) is 10.3 Å². The standard InChI is InChI=1S/C23H37N3OSi/c1-17(2)22(18-10-12-20(24)13-11-18)26-16-21(19-9-8-14-25-15-19)27-28(6,7)23(3,4)5/h8-15,17,21-22,26H,16,24H2,1-7H3/t21-,22?/m0/s1. The number of aromatic nitrogens is 1. The molecule has 0 bridgehead atoms. The first-order valence-electron chi connectivity index (χ1n) is 10.2. The summed E-state index contributed by atoms with van der Waals surface area (Å²) in [4.78, 5) is 4.32. The first-order chi connectivity index (χ1) is 13.0. The second kappa shape index (κ2) is 9.20. The van der Waals surface area contributed by atoms with E-state index in [0.717, 1.165) is 17.8 Å². The highest BCUT2D eigenvalue weighted by atomic mass is 28.4. The van der Waals surface area contributed by atoms with Crippen LogP contribution in [0.4, 0.5) is 5.69 Å². The maximum absolute atomic E-state index is 6.79. The average Bonchev–Trinajstić information content (AvgIpc) is 2.62. The molecular formula is C23H37N3OSi. The number of nitrogens with two attached hydrogens (primary N) is 1. The molecule has 0 radical (unpaired) electrons. The highest BCUT2D eigenvalue weighted by molar-refractivity contribution is 6.74. The molecule has 0 aliphatic rings. The summed E-state index contributed by atoms with van der Waals surface area (Å²) in [5.74, 6) is 0.450. The Labute approximate surface area is 172 Å². The van der Waals surface area contributed by atoms with Gasteiger partial charge in [0.25, 0.3) is 0 Å². The minimum atomic E-state index is -1.92. The van der Waals surface area contributed by atoms with Gasteiger partial charge in [0.1, 0.15) is 0 Å². The highest BCUT2D eigenvalue weighted by Gasteiger charge is 2.39. The van der Waals surface area contributed by atoms with Gasteiger partial charge in [-0.1, -0.05) is 52.8 Å². The lowest BCUT2D eigenvalue weighted by Crippen LogP contribution is -2.44. The SMILES string of the molecule is CC(C)C(NC[C@H](O[Si](C)(C)C(C)(C)C)c1cccnc1)c1ccc(N)cc1. The van der Waals surface area contributed by atoms with Crippen molar-refractivity contribution in [2.24, 2.45) is 5.92 Å². The van der Waals surface area contributed by atoms with Crippen LogP contribution in [0.1, 0.15) is 57.9 Å². The van der Waals surface area contributed by atoms with Crippen LogP contribution in [0, 0.1) is 5.92 Å². The molecule has 2 aromatic rings. The fourth-order valence-corrected chi connectivity index (χ4v) is 4.29. The van der Waals surface area contributed by atoms with Crippen molar-refractivity contribution in [3.05, 3.63) is 59.9 Å². The van der Waals surface area contributed by atoms with Crippen molar-refractivity contribution in [1.29, 1.82) is 0 Å². The fraction of sp³-hybridized carbons (Fsp3) is 0.522. The zero-order valence-corrected chi connectivity index (χ0v) is 19.5. The van der Waals surface area contributed by atoms with E-state index in [2.05, 4.69) is 76.2 Å². The Morgan fingerprint density at radius 1 is 1.07 bits per heavy atom. The number of rotatable bonds is 8. The molecule has 1 heterocycles. The third-order valence-corrected chi connectivity index (χ3v) is 10.3. The third kappa shape index (κ3) is 5.90. The summed E-state index contributed by atoms with van der Waals surface area (Å²) in [5.41, 5.74) is 9.04. The predicted octanol–water partition coefficient (Wildman–Crippen LogP) is 5.71. The van der Waals surface area contributed by atoms with Crippen molar-refractivity contribution in [2.45, 2.75) is 64.9 Å². The minimum absolute atomic E-state index is 0.0235. The second-order valence-corrected chi connectivity index (χ2v) is 14.2. The molecule has 2 atom stereocenters. The quantitative estimate of drug-likeness (QED) is 0.440. The van der Waals surface area contributed by atoms with Crippen LogP contribution >= 0.6 is 0 Å². The second-order valence-electron chi connectivity index (χ2n) is 9.45. The van der Waals surface area contributed by atoms with Crippen LogP contribution < -0.4 is 11.1 Å². The predicted molar refractivity (Wildman–Crippen MR) is 122 cm³/mol. The Hall–Kier alpha value is -1.69. The molecule has 0 saturated heterocycles. The Kier molecular flexibility index (Phi) is 7.43. The van der Waals surface area contributed by atoms with Crippen molar-refractivity contribution >= 4 is 14.0 Å². The van der Waals surface area contributed by atoms with E-state index in [-0.39, 0.29) is 17.2 Å². The summed E-state index contributed by atoms with van der Waals surface area (Å²) in [6, 6.07) is 12.5. The van der Waals surface area contributed by atoms with Crippen LogP contribution in [0.15, 0.2) is 48.8 Å². The molecule has 1 aromatic heterocycles. The van der Waals surface area contributed by atoms with E-state index in [1.165, 1.54) is 5.56 Å². The topological polar surface area (TPSA) is 60.2 Å². The molecule has 28 heavy (non-hydrogen) atoms. The molecule has 0 aliphatic carbocycles. The smallest absolute Gasteiger partial charge is 0.192 e. The maximum atomic E-state index is 6.79. The van der Waals surface area contributed by atoms with Crippen molar-refractivity contribution < 1.29 is 4.43 Å². The normalized spacial score (nSPS) is 14.9. The highest BCUT2D eigenvalue weighted by Crippen LogP contribution is 2.39. The number of hydrogen-bond acceptors (Lipinski definition) is 4. The molecule has 1 unspecified atom stereocenters. The molecular weight excluding hydrogens is 362 g/mol. The Morgan fingerprint density at radius 3 is 2.21 bits per heavy atom. The van der Waals surface area contributed by atoms with Crippen LogP contribution in [-0.4, -0.2) is 19.8 Å². The van der Waals surface area contributed by atoms with E-state index >= 15 is 0 Å². The number of pyridine rings is 1. The molecule has 0 amide bonds. The number of hydrogen-bond donors (Lipinski definition) is 2. The molecule has 2 rings (SSSR count). The molecule has 1 aromatic carbocycles. The molecule has 0 fully saturated rings. The van der Waals surface area contributed by atoms with Gasteiger partial charge < -0.3 is 15.5 Å². The number of nitrogens with zero attached hydrogens (tertiary/aromatic N) is 1. The van der Waals surface area contributed by atoms with Crippen molar-refractivity contribution in [3.63, 3.8) is 0 Å². The molecule has 3 N–H and O–H groups in total. The van der Waals surface area contributed by atoms with Gasteiger partial charge in [0.05, 0.1) is 6.10 Å². The number of nitrogen functional groups attached to an aromatic ring is 1. The van der Waals surface area contributed by atoms with E-state index in [1.54, 1.807) is 0 Å². The van der Waals surface area contributed by atoms with E-state index in [9.17, 15) is 0 Å². The largest absolute Gasteiger partial charge is 0.409 e. The van der Waals surface area contributed by atoms with Crippen molar-refractivity contribution in [3.8, 4) is 0 Å². The van der Waals surface area contributed by atoms with Crippen LogP contribution in [0.2, 0.25) is 18.1 Å². The molecule has 0 saturated carbocycles. The summed E-state index contributed by atoms with van der Waals surface area (Å²) in [6.07, 6.45) is 3.71. The summed E-state index contributed by atoms with van der Waals surface area (Å²) in [5, 5.41) is 3.91. The van der Waals surface area contributed by atoms with Gasteiger partial charge in [-0.05, 0) is 53.4 Å².